The van der Waals surface area contributed by atoms with E-state index in [9.17, 15) is 0 Å². The lowest BCUT2D eigenvalue weighted by Crippen LogP contribution is -2.20. The van der Waals surface area contributed by atoms with Crippen LogP contribution in [0.15, 0.2) is 47.2 Å². The average molecular weight is 309 g/mol. The lowest BCUT2D eigenvalue weighted by molar-refractivity contribution is 1.30. The topological polar surface area (TPSA) is 49.8 Å². The van der Waals surface area contributed by atoms with Crippen LogP contribution in [-0.2, 0) is 0 Å². The summed E-state index contributed by atoms with van der Waals surface area (Å²) in [5, 5.41) is 6.39. The van der Waals surface area contributed by atoms with E-state index in [1.165, 1.54) is 0 Å². The fourth-order valence-corrected chi connectivity index (χ4v) is 1.59. The van der Waals surface area contributed by atoms with Gasteiger partial charge in [-0.3, -0.25) is 0 Å². The summed E-state index contributed by atoms with van der Waals surface area (Å²) in [4.78, 5) is 8.26. The van der Waals surface area contributed by atoms with Crippen LogP contribution < -0.4 is 10.6 Å². The molecule has 0 amide bonds. The zero-order chi connectivity index (χ0) is 12.1. The summed E-state index contributed by atoms with van der Waals surface area (Å²) in [5.74, 6) is 1.38. The molecule has 0 atom stereocenters. The fraction of sp³-hybridized carbons (Fsp3) is 0. The third-order valence-electron chi connectivity index (χ3n) is 1.88. The first-order valence-electron chi connectivity index (χ1n) is 4.84. The summed E-state index contributed by atoms with van der Waals surface area (Å²) in [6.45, 7) is 0. The van der Waals surface area contributed by atoms with Crippen LogP contribution in [0.25, 0.3) is 0 Å². The van der Waals surface area contributed by atoms with E-state index < -0.39 is 0 Å². The summed E-state index contributed by atoms with van der Waals surface area (Å²) >= 11 is 8.45. The van der Waals surface area contributed by atoms with E-state index in [1.807, 2.05) is 30.3 Å². The number of nitrogens with one attached hydrogen (secondary N) is 2. The number of thiocarbonyl (C=S) groups is 1. The van der Waals surface area contributed by atoms with Gasteiger partial charge in [0.15, 0.2) is 5.11 Å². The monoisotopic (exact) mass is 308 g/mol. The fourth-order valence-electron chi connectivity index (χ4n) is 1.15. The molecule has 2 aromatic heterocycles. The van der Waals surface area contributed by atoms with E-state index in [1.54, 1.807) is 12.4 Å². The minimum atomic E-state index is 0.457. The zero-order valence-corrected chi connectivity index (χ0v) is 11.1. The smallest absolute Gasteiger partial charge is 0.177 e. The second-order valence-electron chi connectivity index (χ2n) is 3.16. The van der Waals surface area contributed by atoms with Gasteiger partial charge in [-0.1, -0.05) is 6.07 Å². The molecule has 0 saturated carbocycles. The SMILES string of the molecule is S=C(Nc1ccccn1)Nc1ccc(Br)cn1. The van der Waals surface area contributed by atoms with E-state index >= 15 is 0 Å². The first-order valence-corrected chi connectivity index (χ1v) is 6.05. The minimum Gasteiger partial charge on any atom is -0.317 e. The number of hydrogen-bond acceptors (Lipinski definition) is 3. The highest BCUT2D eigenvalue weighted by Crippen LogP contribution is 2.10. The van der Waals surface area contributed by atoms with E-state index in [2.05, 4.69) is 36.5 Å². The summed E-state index contributed by atoms with van der Waals surface area (Å²) in [5.41, 5.74) is 0. The molecule has 6 heteroatoms. The number of halogens is 1. The molecule has 0 bridgehead atoms. The summed E-state index contributed by atoms with van der Waals surface area (Å²) in [6, 6.07) is 9.28. The second-order valence-corrected chi connectivity index (χ2v) is 4.48. The third-order valence-corrected chi connectivity index (χ3v) is 2.55. The second kappa shape index (κ2) is 5.70. The molecule has 0 aromatic carbocycles. The van der Waals surface area contributed by atoms with Gasteiger partial charge in [-0.05, 0) is 52.4 Å². The molecule has 2 N–H and O–H groups in total. The van der Waals surface area contributed by atoms with Crippen molar-refractivity contribution in [3.8, 4) is 0 Å². The molecule has 4 nitrogen and oxygen atoms in total. The van der Waals surface area contributed by atoms with Crippen LogP contribution in [0.4, 0.5) is 11.6 Å². The van der Waals surface area contributed by atoms with Gasteiger partial charge < -0.3 is 10.6 Å². The number of hydrogen-bond donors (Lipinski definition) is 2. The highest BCUT2D eigenvalue weighted by molar-refractivity contribution is 9.10. The predicted molar refractivity (Wildman–Crippen MR) is 76.0 cm³/mol. The van der Waals surface area contributed by atoms with Crippen LogP contribution in [0.5, 0.6) is 0 Å². The van der Waals surface area contributed by atoms with E-state index in [0.29, 0.717) is 16.7 Å². The lowest BCUT2D eigenvalue weighted by Gasteiger charge is -2.08. The molecule has 0 aliphatic heterocycles. The molecule has 0 spiro atoms. The molecule has 86 valence electrons. The molecule has 0 radical (unpaired) electrons. The number of nitrogens with zero attached hydrogens (tertiary/aromatic N) is 2. The molecule has 0 aliphatic carbocycles. The Morgan fingerprint density at radius 1 is 1.06 bits per heavy atom. The maximum atomic E-state index is 5.14. The maximum Gasteiger partial charge on any atom is 0.177 e. The lowest BCUT2D eigenvalue weighted by atomic mass is 10.4. The predicted octanol–water partition coefficient (Wildman–Crippen LogP) is 3.05. The van der Waals surface area contributed by atoms with Crippen molar-refractivity contribution in [3.05, 3.63) is 47.2 Å². The largest absolute Gasteiger partial charge is 0.317 e. The molecular weight excluding hydrogens is 300 g/mol. The quantitative estimate of drug-likeness (QED) is 0.835. The molecule has 2 rings (SSSR count). The first kappa shape index (κ1) is 11.9. The third kappa shape index (κ3) is 3.76. The van der Waals surface area contributed by atoms with E-state index in [0.717, 1.165) is 4.47 Å². The van der Waals surface area contributed by atoms with Crippen molar-refractivity contribution in [1.82, 2.24) is 9.97 Å². The van der Waals surface area contributed by atoms with Crippen molar-refractivity contribution in [1.29, 1.82) is 0 Å². The molecular formula is C11H9BrN4S. The molecule has 17 heavy (non-hydrogen) atoms. The van der Waals surface area contributed by atoms with Crippen molar-refractivity contribution in [2.45, 2.75) is 0 Å². The summed E-state index contributed by atoms with van der Waals surface area (Å²) in [6.07, 6.45) is 3.40. The van der Waals surface area contributed by atoms with Gasteiger partial charge in [0.2, 0.25) is 0 Å². The molecule has 2 aromatic rings. The Kier molecular flexibility index (Phi) is 4.00. The van der Waals surface area contributed by atoms with Gasteiger partial charge in [0, 0.05) is 16.9 Å². The standard InChI is InChI=1S/C11H9BrN4S/c12-8-4-5-10(14-7-8)16-11(17)15-9-3-1-2-6-13-9/h1-7H,(H2,13,14,15,16,17). The van der Waals surface area contributed by atoms with E-state index in [4.69, 9.17) is 12.2 Å². The van der Waals surface area contributed by atoms with Crippen LogP contribution in [0.1, 0.15) is 0 Å². The number of anilines is 2. The Morgan fingerprint density at radius 2 is 1.82 bits per heavy atom. The normalized spacial score (nSPS) is 9.71. The van der Waals surface area contributed by atoms with Gasteiger partial charge in [-0.15, -0.1) is 0 Å². The summed E-state index contributed by atoms with van der Waals surface area (Å²) in [7, 11) is 0. The van der Waals surface area contributed by atoms with Crippen LogP contribution in [0, 0.1) is 0 Å². The van der Waals surface area contributed by atoms with Gasteiger partial charge in [0.05, 0.1) is 0 Å². The first-order chi connectivity index (χ1) is 8.24. The van der Waals surface area contributed by atoms with Crippen LogP contribution >= 0.6 is 28.1 Å². The number of pyridine rings is 2. The minimum absolute atomic E-state index is 0.457. The summed E-state index contributed by atoms with van der Waals surface area (Å²) < 4.78 is 0.923. The van der Waals surface area contributed by atoms with Gasteiger partial charge in [-0.2, -0.15) is 0 Å². The highest BCUT2D eigenvalue weighted by Gasteiger charge is 1.99. The number of rotatable bonds is 2. The van der Waals surface area contributed by atoms with Crippen molar-refractivity contribution in [2.24, 2.45) is 0 Å². The van der Waals surface area contributed by atoms with Gasteiger partial charge >= 0.3 is 0 Å². The van der Waals surface area contributed by atoms with Gasteiger partial charge in [0.25, 0.3) is 0 Å². The van der Waals surface area contributed by atoms with Crippen molar-refractivity contribution >= 4 is 44.9 Å². The Bertz CT molecular complexity index is 501. The molecule has 2 heterocycles. The van der Waals surface area contributed by atoms with Crippen LogP contribution in [-0.4, -0.2) is 15.1 Å². The van der Waals surface area contributed by atoms with Gasteiger partial charge in [0.1, 0.15) is 11.6 Å². The van der Waals surface area contributed by atoms with Gasteiger partial charge in [-0.25, -0.2) is 9.97 Å². The average Bonchev–Trinajstić information content (AvgIpc) is 2.33. The Morgan fingerprint density at radius 3 is 2.41 bits per heavy atom. The Hall–Kier alpha value is -1.53. The maximum absolute atomic E-state index is 5.14. The van der Waals surface area contributed by atoms with Crippen LogP contribution in [0.2, 0.25) is 0 Å². The number of aromatic nitrogens is 2. The molecule has 0 fully saturated rings. The molecule has 0 saturated heterocycles. The molecule has 0 aliphatic rings. The Balaban J connectivity index is 1.96. The molecule has 0 unspecified atom stereocenters. The van der Waals surface area contributed by atoms with E-state index in [-0.39, 0.29) is 0 Å². The zero-order valence-electron chi connectivity index (χ0n) is 8.72. The Labute approximate surface area is 113 Å². The highest BCUT2D eigenvalue weighted by atomic mass is 79.9. The van der Waals surface area contributed by atoms with Crippen molar-refractivity contribution in [2.75, 3.05) is 10.6 Å². The van der Waals surface area contributed by atoms with Crippen molar-refractivity contribution in [3.63, 3.8) is 0 Å². The van der Waals surface area contributed by atoms with Crippen molar-refractivity contribution < 1.29 is 0 Å². The van der Waals surface area contributed by atoms with Crippen LogP contribution in [0.3, 0.4) is 0 Å².